The van der Waals surface area contributed by atoms with Crippen molar-refractivity contribution in [3.05, 3.63) is 121 Å². The van der Waals surface area contributed by atoms with Gasteiger partial charge in [0.2, 0.25) is 0 Å². The summed E-state index contributed by atoms with van der Waals surface area (Å²) in [5.41, 5.74) is 2.71. The molecule has 4 aliphatic rings. The minimum atomic E-state index is -0.455. The third-order valence-electron chi connectivity index (χ3n) is 6.55. The summed E-state index contributed by atoms with van der Waals surface area (Å²) < 4.78 is 0. The molecule has 0 aliphatic heterocycles. The average Bonchev–Trinajstić information content (AvgIpc) is 3.55. The standard InChI is InChI=1S/C12H10Si.2C9H11.2ClH.Zr/c1-3-7-11(8-4-1)13-12-9-5-2-6-10-12;2*1-2-5-9-7-3-6-8(9)4-1;;;/h1-10H;2*1-2,4,6,9H,3,5,7H2;2*1H;/q;2*-1;;;+2/p-2. The molecular formula is C30H32Cl2SiZr-2. The van der Waals surface area contributed by atoms with Crippen molar-refractivity contribution in [2.24, 2.45) is 11.8 Å². The van der Waals surface area contributed by atoms with Crippen molar-refractivity contribution in [1.82, 2.24) is 0 Å². The first kappa shape index (κ1) is 29.1. The zero-order valence-corrected chi connectivity index (χ0v) is 24.5. The monoisotopic (exact) mass is 580 g/mol. The van der Waals surface area contributed by atoms with Gasteiger partial charge in [0, 0.05) is 0 Å². The molecule has 0 radical (unpaired) electrons. The fourth-order valence-electron chi connectivity index (χ4n) is 4.71. The van der Waals surface area contributed by atoms with Gasteiger partial charge in [-0.15, -0.1) is 37.1 Å². The maximum absolute atomic E-state index is 2.37. The Labute approximate surface area is 233 Å². The Hall–Kier alpha value is -1.18. The van der Waals surface area contributed by atoms with Crippen LogP contribution >= 0.6 is 0 Å². The minimum absolute atomic E-state index is 0. The molecule has 2 atom stereocenters. The van der Waals surface area contributed by atoms with E-state index in [4.69, 9.17) is 0 Å². The molecule has 0 bridgehead atoms. The van der Waals surface area contributed by atoms with Gasteiger partial charge in [-0.1, -0.05) is 12.8 Å². The van der Waals surface area contributed by atoms with Crippen molar-refractivity contribution in [1.29, 1.82) is 0 Å². The summed E-state index contributed by atoms with van der Waals surface area (Å²) >= 11 is 1.64. The number of rotatable bonds is 2. The van der Waals surface area contributed by atoms with Crippen molar-refractivity contribution >= 4 is 15.8 Å². The third-order valence-corrected chi connectivity index (χ3v) is 12.6. The summed E-state index contributed by atoms with van der Waals surface area (Å²) in [4.78, 5) is 0. The van der Waals surface area contributed by atoms with Crippen LogP contribution in [0.5, 0.6) is 0 Å². The quantitative estimate of drug-likeness (QED) is 0.354. The van der Waals surface area contributed by atoms with Crippen molar-refractivity contribution in [2.75, 3.05) is 0 Å². The van der Waals surface area contributed by atoms with Gasteiger partial charge in [0.25, 0.3) is 0 Å². The van der Waals surface area contributed by atoms with E-state index in [1.807, 2.05) is 0 Å². The van der Waals surface area contributed by atoms with E-state index in [0.717, 1.165) is 11.8 Å². The van der Waals surface area contributed by atoms with Gasteiger partial charge in [-0.3, -0.25) is 0 Å². The second-order valence-electron chi connectivity index (χ2n) is 8.72. The Morgan fingerprint density at radius 1 is 0.647 bits per heavy atom. The second-order valence-corrected chi connectivity index (χ2v) is 14.3. The van der Waals surface area contributed by atoms with Crippen LogP contribution in [0.1, 0.15) is 38.5 Å². The normalized spacial score (nSPS) is 20.5. The number of allylic oxidation sites excluding steroid dienone is 8. The van der Waals surface area contributed by atoms with Crippen molar-refractivity contribution in [3.8, 4) is 0 Å². The Kier molecular flexibility index (Phi) is 13.5. The fourth-order valence-corrected chi connectivity index (χ4v) is 8.55. The summed E-state index contributed by atoms with van der Waals surface area (Å²) in [5, 5.41) is 3.03. The fraction of sp³-hybridized carbons (Fsp3) is 0.267. The molecule has 0 heterocycles. The van der Waals surface area contributed by atoms with E-state index in [9.17, 15) is 0 Å². The Bertz CT molecular complexity index is 927. The number of hydrogen-bond donors (Lipinski definition) is 0. The topological polar surface area (TPSA) is 0 Å². The SMILES string of the molecule is C1=CCC2CC[CH-]C2=C1.C1=CCC2CC[CH-]C2=C1.[Cl-].[Cl-].[Zr+2]=[Si](c1ccccc1)c1ccccc1. The molecule has 6 rings (SSSR count). The Morgan fingerprint density at radius 2 is 1.06 bits per heavy atom. The molecule has 4 aliphatic carbocycles. The van der Waals surface area contributed by atoms with Crippen LogP contribution in [0.3, 0.4) is 0 Å². The first-order valence-electron chi connectivity index (χ1n) is 11.9. The van der Waals surface area contributed by atoms with E-state index in [-0.39, 0.29) is 24.8 Å². The Balaban J connectivity index is 0.000000181. The van der Waals surface area contributed by atoms with Gasteiger partial charge in [0.1, 0.15) is 0 Å². The van der Waals surface area contributed by atoms with Gasteiger partial charge in [-0.05, 0) is 24.7 Å². The van der Waals surface area contributed by atoms with Crippen molar-refractivity contribution < 1.29 is 48.1 Å². The summed E-state index contributed by atoms with van der Waals surface area (Å²) in [6, 6.07) is 21.7. The molecule has 34 heavy (non-hydrogen) atoms. The van der Waals surface area contributed by atoms with E-state index in [0.29, 0.717) is 0 Å². The van der Waals surface area contributed by atoms with Gasteiger partial charge in [-0.25, -0.2) is 36.1 Å². The van der Waals surface area contributed by atoms with Crippen LogP contribution in [0.15, 0.2) is 108 Å². The van der Waals surface area contributed by atoms with E-state index >= 15 is 0 Å². The van der Waals surface area contributed by atoms with Crippen LogP contribution in [0, 0.1) is 24.7 Å². The first-order valence-corrected chi connectivity index (χ1v) is 17.1. The Morgan fingerprint density at radius 3 is 1.44 bits per heavy atom. The van der Waals surface area contributed by atoms with Gasteiger partial charge < -0.3 is 24.8 Å². The summed E-state index contributed by atoms with van der Waals surface area (Å²) in [6.45, 7) is 0. The molecule has 2 aromatic rings. The predicted molar refractivity (Wildman–Crippen MR) is 136 cm³/mol. The van der Waals surface area contributed by atoms with Crippen LogP contribution in [0.2, 0.25) is 0 Å². The molecule has 0 aromatic heterocycles. The molecule has 0 nitrogen and oxygen atoms in total. The zero-order chi connectivity index (χ0) is 22.0. The second kappa shape index (κ2) is 15.7. The maximum atomic E-state index is 2.37. The molecule has 4 heteroatoms. The van der Waals surface area contributed by atoms with Crippen LogP contribution < -0.4 is 35.2 Å². The van der Waals surface area contributed by atoms with Crippen molar-refractivity contribution in [2.45, 2.75) is 38.5 Å². The number of halogens is 2. The number of fused-ring (bicyclic) bond motifs is 2. The van der Waals surface area contributed by atoms with Crippen LogP contribution in [0.25, 0.3) is 0 Å². The van der Waals surface area contributed by atoms with Crippen molar-refractivity contribution in [3.63, 3.8) is 0 Å². The molecule has 176 valence electrons. The molecule has 0 saturated heterocycles. The molecule has 2 fully saturated rings. The van der Waals surface area contributed by atoms with Gasteiger partial charge in [-0.2, -0.15) is 0 Å². The summed E-state index contributed by atoms with van der Waals surface area (Å²) in [7, 11) is 0. The molecule has 0 spiro atoms. The molecule has 2 saturated carbocycles. The van der Waals surface area contributed by atoms with Crippen LogP contribution in [-0.2, 0) is 23.3 Å². The summed E-state index contributed by atoms with van der Waals surface area (Å²) in [6.07, 6.45) is 26.1. The van der Waals surface area contributed by atoms with E-state index < -0.39 is 5.43 Å². The molecule has 0 amide bonds. The molecule has 0 N–H and O–H groups in total. The first-order chi connectivity index (χ1) is 15.8. The van der Waals surface area contributed by atoms with Gasteiger partial charge in [0.15, 0.2) is 0 Å². The van der Waals surface area contributed by atoms with Gasteiger partial charge in [0.05, 0.1) is 0 Å². The predicted octanol–water partition coefficient (Wildman–Crippen LogP) is 0.321. The van der Waals surface area contributed by atoms with Crippen LogP contribution in [-0.4, -0.2) is 5.43 Å². The number of hydrogen-bond acceptors (Lipinski definition) is 0. The molecule has 2 unspecified atom stereocenters. The van der Waals surface area contributed by atoms with E-state index in [1.54, 1.807) is 34.5 Å². The summed E-state index contributed by atoms with van der Waals surface area (Å²) in [5.74, 6) is 1.77. The average molecular weight is 583 g/mol. The molecule has 2 aromatic carbocycles. The van der Waals surface area contributed by atoms with Crippen LogP contribution in [0.4, 0.5) is 0 Å². The van der Waals surface area contributed by atoms with E-state index in [2.05, 4.69) is 110 Å². The third kappa shape index (κ3) is 8.49. The number of benzene rings is 2. The zero-order valence-electron chi connectivity index (χ0n) is 19.5. The van der Waals surface area contributed by atoms with E-state index in [1.165, 1.54) is 48.9 Å². The molecular weight excluding hydrogens is 551 g/mol. The van der Waals surface area contributed by atoms with Gasteiger partial charge >= 0.3 is 99.8 Å².